The first kappa shape index (κ1) is 21.6. The van der Waals surface area contributed by atoms with Gasteiger partial charge in [0.1, 0.15) is 6.04 Å². The first-order chi connectivity index (χ1) is 13.2. The van der Waals surface area contributed by atoms with E-state index in [0.29, 0.717) is 11.3 Å². The first-order valence-corrected chi connectivity index (χ1v) is 10.8. The van der Waals surface area contributed by atoms with Gasteiger partial charge in [0, 0.05) is 11.3 Å². The maximum Gasteiger partial charge on any atom is 0.252 e. The van der Waals surface area contributed by atoms with E-state index in [9.17, 15) is 18.0 Å². The molecule has 28 heavy (non-hydrogen) atoms. The third kappa shape index (κ3) is 5.19. The van der Waals surface area contributed by atoms with Gasteiger partial charge in [-0.15, -0.1) is 0 Å². The Hall–Kier alpha value is -2.67. The van der Waals surface area contributed by atoms with Crippen molar-refractivity contribution >= 4 is 27.3 Å². The summed E-state index contributed by atoms with van der Waals surface area (Å²) >= 11 is 0. The van der Waals surface area contributed by atoms with E-state index in [2.05, 4.69) is 10.6 Å². The van der Waals surface area contributed by atoms with Crippen molar-refractivity contribution in [2.75, 3.05) is 11.1 Å². The van der Waals surface area contributed by atoms with Crippen molar-refractivity contribution < 1.29 is 18.0 Å². The van der Waals surface area contributed by atoms with Crippen molar-refractivity contribution in [1.82, 2.24) is 5.32 Å². The third-order valence-electron chi connectivity index (χ3n) is 4.49. The number of carbonyl (C=O) groups excluding carboxylic acids is 2. The number of nitrogens with one attached hydrogen (secondary N) is 2. The van der Waals surface area contributed by atoms with Crippen LogP contribution in [0.5, 0.6) is 0 Å². The fourth-order valence-corrected chi connectivity index (χ4v) is 3.60. The molecule has 0 aliphatic carbocycles. The zero-order valence-electron chi connectivity index (χ0n) is 16.5. The van der Waals surface area contributed by atoms with Crippen LogP contribution >= 0.6 is 0 Å². The van der Waals surface area contributed by atoms with E-state index >= 15 is 0 Å². The number of anilines is 1. The zero-order chi connectivity index (χ0) is 20.9. The van der Waals surface area contributed by atoms with Crippen LogP contribution in [-0.4, -0.2) is 32.0 Å². The van der Waals surface area contributed by atoms with Gasteiger partial charge in [-0.3, -0.25) is 9.59 Å². The zero-order valence-corrected chi connectivity index (χ0v) is 17.3. The SMILES string of the molecule is CCS(=O)(=O)c1ccc(NC(=O)C(NC(=O)c2ccccc2C)C(C)C)cc1. The molecule has 1 unspecified atom stereocenters. The highest BCUT2D eigenvalue weighted by molar-refractivity contribution is 7.91. The number of sulfone groups is 1. The Morgan fingerprint density at radius 3 is 2.14 bits per heavy atom. The minimum atomic E-state index is -3.29. The van der Waals surface area contributed by atoms with Crippen LogP contribution < -0.4 is 10.6 Å². The quantitative estimate of drug-likeness (QED) is 0.744. The Labute approximate surface area is 166 Å². The van der Waals surface area contributed by atoms with Gasteiger partial charge in [-0.2, -0.15) is 0 Å². The predicted octanol–water partition coefficient (Wildman–Crippen LogP) is 3.18. The number of rotatable bonds is 7. The van der Waals surface area contributed by atoms with E-state index in [0.717, 1.165) is 5.56 Å². The summed E-state index contributed by atoms with van der Waals surface area (Å²) in [6.07, 6.45) is 0. The Kier molecular flexibility index (Phi) is 6.96. The van der Waals surface area contributed by atoms with Gasteiger partial charge in [-0.1, -0.05) is 39.0 Å². The summed E-state index contributed by atoms with van der Waals surface area (Å²) in [4.78, 5) is 25.5. The monoisotopic (exact) mass is 402 g/mol. The Morgan fingerprint density at radius 2 is 1.61 bits per heavy atom. The van der Waals surface area contributed by atoms with Crippen molar-refractivity contribution in [3.05, 3.63) is 59.7 Å². The van der Waals surface area contributed by atoms with Crippen molar-refractivity contribution in [2.45, 2.75) is 38.6 Å². The Bertz CT molecular complexity index is 951. The predicted molar refractivity (Wildman–Crippen MR) is 110 cm³/mol. The molecule has 0 bridgehead atoms. The standard InChI is InChI=1S/C21H26N2O4S/c1-5-28(26,27)17-12-10-16(11-13-17)22-21(25)19(14(2)3)23-20(24)18-9-7-6-8-15(18)4/h6-14,19H,5H2,1-4H3,(H,22,25)(H,23,24). The van der Waals surface area contributed by atoms with E-state index in [1.807, 2.05) is 32.9 Å². The smallest absolute Gasteiger partial charge is 0.252 e. The lowest BCUT2D eigenvalue weighted by atomic mass is 10.0. The molecule has 0 fully saturated rings. The lowest BCUT2D eigenvalue weighted by Crippen LogP contribution is -2.47. The molecular formula is C21H26N2O4S. The normalized spacial score (nSPS) is 12.5. The molecule has 2 aromatic rings. The molecule has 7 heteroatoms. The van der Waals surface area contributed by atoms with Gasteiger partial charge < -0.3 is 10.6 Å². The Balaban J connectivity index is 2.13. The summed E-state index contributed by atoms with van der Waals surface area (Å²) in [6.45, 7) is 7.11. The molecule has 0 saturated carbocycles. The average molecular weight is 403 g/mol. The van der Waals surface area contributed by atoms with E-state index in [1.165, 1.54) is 12.1 Å². The van der Waals surface area contributed by atoms with E-state index in [4.69, 9.17) is 0 Å². The van der Waals surface area contributed by atoms with Gasteiger partial charge >= 0.3 is 0 Å². The molecular weight excluding hydrogens is 376 g/mol. The fourth-order valence-electron chi connectivity index (χ4n) is 2.71. The highest BCUT2D eigenvalue weighted by atomic mass is 32.2. The molecule has 0 aromatic heterocycles. The minimum absolute atomic E-state index is 0.0130. The number of hydrogen-bond acceptors (Lipinski definition) is 4. The van der Waals surface area contributed by atoms with Gasteiger partial charge in [0.15, 0.2) is 9.84 Å². The third-order valence-corrected chi connectivity index (χ3v) is 6.24. The number of hydrogen-bond donors (Lipinski definition) is 2. The summed E-state index contributed by atoms with van der Waals surface area (Å²) < 4.78 is 23.8. The highest BCUT2D eigenvalue weighted by Crippen LogP contribution is 2.17. The average Bonchev–Trinajstić information content (AvgIpc) is 2.66. The highest BCUT2D eigenvalue weighted by Gasteiger charge is 2.25. The molecule has 0 aliphatic rings. The number of carbonyl (C=O) groups is 2. The van der Waals surface area contributed by atoms with Gasteiger partial charge in [0.25, 0.3) is 5.91 Å². The fraction of sp³-hybridized carbons (Fsp3) is 0.333. The second kappa shape index (κ2) is 9.01. The summed E-state index contributed by atoms with van der Waals surface area (Å²) in [5.74, 6) is -0.786. The second-order valence-electron chi connectivity index (χ2n) is 6.93. The molecule has 2 aromatic carbocycles. The van der Waals surface area contributed by atoms with Gasteiger partial charge in [-0.05, 0) is 48.7 Å². The first-order valence-electron chi connectivity index (χ1n) is 9.16. The molecule has 0 spiro atoms. The minimum Gasteiger partial charge on any atom is -0.340 e. The Morgan fingerprint density at radius 1 is 1.00 bits per heavy atom. The van der Waals surface area contributed by atoms with E-state index in [1.54, 1.807) is 31.2 Å². The van der Waals surface area contributed by atoms with Crippen LogP contribution in [0, 0.1) is 12.8 Å². The molecule has 2 N–H and O–H groups in total. The van der Waals surface area contributed by atoms with Crippen LogP contribution in [0.1, 0.15) is 36.7 Å². The lowest BCUT2D eigenvalue weighted by molar-refractivity contribution is -0.118. The van der Waals surface area contributed by atoms with Gasteiger partial charge in [0.05, 0.1) is 10.6 Å². The lowest BCUT2D eigenvalue weighted by Gasteiger charge is -2.22. The van der Waals surface area contributed by atoms with Crippen LogP contribution in [0.15, 0.2) is 53.4 Å². The molecule has 150 valence electrons. The van der Waals surface area contributed by atoms with E-state index in [-0.39, 0.29) is 28.4 Å². The molecule has 0 heterocycles. The number of benzene rings is 2. The summed E-state index contributed by atoms with van der Waals surface area (Å²) in [6, 6.07) is 12.5. The van der Waals surface area contributed by atoms with Crippen molar-refractivity contribution in [3.63, 3.8) is 0 Å². The topological polar surface area (TPSA) is 92.3 Å². The van der Waals surface area contributed by atoms with Crippen LogP contribution in [0.3, 0.4) is 0 Å². The van der Waals surface area contributed by atoms with Crippen molar-refractivity contribution in [2.24, 2.45) is 5.92 Å². The molecule has 1 atom stereocenters. The summed E-state index contributed by atoms with van der Waals surface area (Å²) in [5.41, 5.74) is 1.82. The summed E-state index contributed by atoms with van der Waals surface area (Å²) in [5, 5.41) is 5.53. The van der Waals surface area contributed by atoms with Crippen molar-refractivity contribution in [3.8, 4) is 0 Å². The number of amides is 2. The molecule has 0 aliphatic heterocycles. The van der Waals surface area contributed by atoms with Gasteiger partial charge in [-0.25, -0.2) is 8.42 Å². The summed E-state index contributed by atoms with van der Waals surface area (Å²) in [7, 11) is -3.29. The van der Waals surface area contributed by atoms with Gasteiger partial charge in [0.2, 0.25) is 5.91 Å². The van der Waals surface area contributed by atoms with Crippen LogP contribution in [-0.2, 0) is 14.6 Å². The van der Waals surface area contributed by atoms with Crippen molar-refractivity contribution in [1.29, 1.82) is 0 Å². The molecule has 0 radical (unpaired) electrons. The molecule has 6 nitrogen and oxygen atoms in total. The second-order valence-corrected chi connectivity index (χ2v) is 9.21. The largest absolute Gasteiger partial charge is 0.340 e. The van der Waals surface area contributed by atoms with Crippen LogP contribution in [0.2, 0.25) is 0 Å². The molecule has 2 rings (SSSR count). The number of aryl methyl sites for hydroxylation is 1. The molecule has 0 saturated heterocycles. The van der Waals surface area contributed by atoms with E-state index < -0.39 is 15.9 Å². The molecule has 2 amide bonds. The maximum atomic E-state index is 12.7. The van der Waals surface area contributed by atoms with Crippen LogP contribution in [0.4, 0.5) is 5.69 Å². The maximum absolute atomic E-state index is 12.7. The van der Waals surface area contributed by atoms with Crippen LogP contribution in [0.25, 0.3) is 0 Å².